The van der Waals surface area contributed by atoms with Gasteiger partial charge < -0.3 is 9.84 Å². The summed E-state index contributed by atoms with van der Waals surface area (Å²) in [6.07, 6.45) is 1.99. The van der Waals surface area contributed by atoms with Crippen molar-refractivity contribution in [3.05, 3.63) is 0 Å². The summed E-state index contributed by atoms with van der Waals surface area (Å²) in [7, 11) is -2.17. The second kappa shape index (κ2) is 8.49. The minimum absolute atomic E-state index is 0.120. The zero-order chi connectivity index (χ0) is 12.4. The Morgan fingerprint density at radius 2 is 2.00 bits per heavy atom. The van der Waals surface area contributed by atoms with Crippen molar-refractivity contribution in [1.29, 1.82) is 0 Å². The first-order valence-electron chi connectivity index (χ1n) is 5.17. The van der Waals surface area contributed by atoms with Gasteiger partial charge in [0.25, 0.3) is 0 Å². The maximum absolute atomic E-state index is 11.3. The summed E-state index contributed by atoms with van der Waals surface area (Å²) < 4.78 is 29.4. The number of sulfonamides is 1. The molecule has 0 radical (unpaired) electrons. The summed E-state index contributed by atoms with van der Waals surface area (Å²) in [6, 6.07) is 0. The third-order valence-corrected chi connectivity index (χ3v) is 3.34. The molecule has 0 atom stereocenters. The largest absolute Gasteiger partial charge is 0.469 e. The predicted octanol–water partition coefficient (Wildman–Crippen LogP) is -0.368. The Morgan fingerprint density at radius 1 is 1.31 bits per heavy atom. The number of unbranched alkanes of at least 4 members (excludes halogenated alkanes) is 2. The first-order chi connectivity index (χ1) is 7.52. The van der Waals surface area contributed by atoms with Gasteiger partial charge in [0.2, 0.25) is 10.0 Å². The molecule has 0 aliphatic heterocycles. The summed E-state index contributed by atoms with van der Waals surface area (Å²) in [5, 5.41) is 8.51. The number of aliphatic hydroxyl groups is 1. The smallest absolute Gasteiger partial charge is 0.306 e. The van der Waals surface area contributed by atoms with Gasteiger partial charge in [-0.05, 0) is 19.3 Å². The van der Waals surface area contributed by atoms with Crippen LogP contribution in [0, 0.1) is 0 Å². The topological polar surface area (TPSA) is 92.7 Å². The molecule has 0 unspecified atom stereocenters. The first kappa shape index (κ1) is 15.3. The van der Waals surface area contributed by atoms with Crippen LogP contribution in [0.4, 0.5) is 0 Å². The molecule has 0 saturated heterocycles. The summed E-state index contributed by atoms with van der Waals surface area (Å²) in [5.74, 6) is -0.787. The van der Waals surface area contributed by atoms with Crippen LogP contribution in [0.2, 0.25) is 0 Å². The van der Waals surface area contributed by atoms with Gasteiger partial charge in [-0.25, -0.2) is 13.1 Å². The average Bonchev–Trinajstić information content (AvgIpc) is 2.25. The molecule has 0 heterocycles. The van der Waals surface area contributed by atoms with Gasteiger partial charge in [-0.2, -0.15) is 0 Å². The summed E-state index contributed by atoms with van der Waals surface area (Å²) in [5.41, 5.74) is 0. The molecule has 0 amide bonds. The van der Waals surface area contributed by atoms with E-state index in [1.54, 1.807) is 0 Å². The number of hydrogen-bond donors (Lipinski definition) is 2. The summed E-state index contributed by atoms with van der Waals surface area (Å²) >= 11 is 0. The van der Waals surface area contributed by atoms with Crippen molar-refractivity contribution in [2.75, 3.05) is 26.0 Å². The Kier molecular flexibility index (Phi) is 8.14. The van der Waals surface area contributed by atoms with E-state index in [-0.39, 0.29) is 18.8 Å². The molecule has 0 spiro atoms. The quantitative estimate of drug-likeness (QED) is 0.432. The van der Waals surface area contributed by atoms with E-state index in [0.29, 0.717) is 19.4 Å². The SMILES string of the molecule is COC(=O)CCS(=O)(=O)NCCCCCO. The minimum atomic E-state index is -3.39. The van der Waals surface area contributed by atoms with Crippen molar-refractivity contribution in [1.82, 2.24) is 4.72 Å². The fourth-order valence-corrected chi connectivity index (χ4v) is 2.07. The lowest BCUT2D eigenvalue weighted by atomic mass is 10.2. The highest BCUT2D eigenvalue weighted by atomic mass is 32.2. The van der Waals surface area contributed by atoms with Crippen LogP contribution >= 0.6 is 0 Å². The number of carbonyl (C=O) groups excluding carboxylic acids is 1. The number of ether oxygens (including phenoxy) is 1. The highest BCUT2D eigenvalue weighted by molar-refractivity contribution is 7.89. The Morgan fingerprint density at radius 3 is 2.56 bits per heavy atom. The van der Waals surface area contributed by atoms with E-state index in [1.807, 2.05) is 0 Å². The Hall–Kier alpha value is -0.660. The van der Waals surface area contributed by atoms with E-state index in [0.717, 1.165) is 6.42 Å². The molecule has 96 valence electrons. The minimum Gasteiger partial charge on any atom is -0.469 e. The van der Waals surface area contributed by atoms with Crippen LogP contribution in [0.3, 0.4) is 0 Å². The molecule has 7 heteroatoms. The molecule has 0 aromatic rings. The van der Waals surface area contributed by atoms with E-state index in [2.05, 4.69) is 9.46 Å². The zero-order valence-corrected chi connectivity index (χ0v) is 10.3. The van der Waals surface area contributed by atoms with Gasteiger partial charge in [-0.3, -0.25) is 4.79 Å². The molecule has 0 saturated carbocycles. The number of methoxy groups -OCH3 is 1. The van der Waals surface area contributed by atoms with E-state index in [9.17, 15) is 13.2 Å². The fraction of sp³-hybridized carbons (Fsp3) is 0.889. The van der Waals surface area contributed by atoms with Crippen LogP contribution in [0.1, 0.15) is 25.7 Å². The molecular formula is C9H19NO5S. The molecular weight excluding hydrogens is 234 g/mol. The Bertz CT molecular complexity index is 288. The number of nitrogens with one attached hydrogen (secondary N) is 1. The molecule has 0 bridgehead atoms. The number of aliphatic hydroxyl groups excluding tert-OH is 1. The molecule has 6 nitrogen and oxygen atoms in total. The normalized spacial score (nSPS) is 11.4. The van der Waals surface area contributed by atoms with Crippen LogP contribution in [-0.4, -0.2) is 45.5 Å². The fourth-order valence-electron chi connectivity index (χ4n) is 1.03. The monoisotopic (exact) mass is 253 g/mol. The Balaban J connectivity index is 3.67. The van der Waals surface area contributed by atoms with E-state index in [1.165, 1.54) is 7.11 Å². The van der Waals surface area contributed by atoms with Crippen molar-refractivity contribution in [3.63, 3.8) is 0 Å². The molecule has 0 aromatic heterocycles. The van der Waals surface area contributed by atoms with Gasteiger partial charge in [0.05, 0.1) is 19.3 Å². The summed E-state index contributed by atoms with van der Waals surface area (Å²) in [6.45, 7) is 0.457. The second-order valence-electron chi connectivity index (χ2n) is 3.32. The van der Waals surface area contributed by atoms with Gasteiger partial charge in [0.15, 0.2) is 0 Å². The van der Waals surface area contributed by atoms with Gasteiger partial charge in [0, 0.05) is 13.2 Å². The number of esters is 1. The highest BCUT2D eigenvalue weighted by Gasteiger charge is 2.12. The van der Waals surface area contributed by atoms with Crippen LogP contribution in [-0.2, 0) is 19.6 Å². The summed E-state index contributed by atoms with van der Waals surface area (Å²) in [4.78, 5) is 10.7. The number of carbonyl (C=O) groups is 1. The predicted molar refractivity (Wildman–Crippen MR) is 59.4 cm³/mol. The van der Waals surface area contributed by atoms with Crippen LogP contribution in [0.25, 0.3) is 0 Å². The standard InChI is InChI=1S/C9H19NO5S/c1-15-9(12)5-8-16(13,14)10-6-3-2-4-7-11/h10-11H,2-8H2,1H3. The van der Waals surface area contributed by atoms with Gasteiger partial charge in [0.1, 0.15) is 0 Å². The molecule has 0 rings (SSSR count). The molecule has 0 aliphatic rings. The molecule has 2 N–H and O–H groups in total. The van der Waals surface area contributed by atoms with Crippen LogP contribution in [0.15, 0.2) is 0 Å². The van der Waals surface area contributed by atoms with E-state index in [4.69, 9.17) is 5.11 Å². The van der Waals surface area contributed by atoms with Crippen LogP contribution < -0.4 is 4.72 Å². The van der Waals surface area contributed by atoms with Gasteiger partial charge in [-0.1, -0.05) is 0 Å². The lowest BCUT2D eigenvalue weighted by Crippen LogP contribution is -2.28. The van der Waals surface area contributed by atoms with Gasteiger partial charge >= 0.3 is 5.97 Å². The van der Waals surface area contributed by atoms with Crippen molar-refractivity contribution in [3.8, 4) is 0 Å². The maximum Gasteiger partial charge on any atom is 0.306 e. The van der Waals surface area contributed by atoms with Gasteiger partial charge in [-0.15, -0.1) is 0 Å². The van der Waals surface area contributed by atoms with Crippen molar-refractivity contribution >= 4 is 16.0 Å². The second-order valence-corrected chi connectivity index (χ2v) is 5.25. The van der Waals surface area contributed by atoms with E-state index >= 15 is 0 Å². The third-order valence-electron chi connectivity index (χ3n) is 1.96. The first-order valence-corrected chi connectivity index (χ1v) is 6.82. The van der Waals surface area contributed by atoms with E-state index < -0.39 is 16.0 Å². The zero-order valence-electron chi connectivity index (χ0n) is 9.44. The third kappa shape index (κ3) is 8.63. The van der Waals surface area contributed by atoms with Crippen molar-refractivity contribution in [2.24, 2.45) is 0 Å². The number of hydrogen-bond acceptors (Lipinski definition) is 5. The molecule has 0 aromatic carbocycles. The lowest BCUT2D eigenvalue weighted by molar-refractivity contribution is -0.140. The molecule has 0 aliphatic carbocycles. The maximum atomic E-state index is 11.3. The lowest BCUT2D eigenvalue weighted by Gasteiger charge is -2.05. The van der Waals surface area contributed by atoms with Crippen molar-refractivity contribution < 1.29 is 23.1 Å². The van der Waals surface area contributed by atoms with Crippen LogP contribution in [0.5, 0.6) is 0 Å². The molecule has 16 heavy (non-hydrogen) atoms. The Labute approximate surface area is 96.0 Å². The molecule has 0 fully saturated rings. The number of rotatable bonds is 9. The average molecular weight is 253 g/mol. The van der Waals surface area contributed by atoms with Crippen molar-refractivity contribution in [2.45, 2.75) is 25.7 Å². The highest BCUT2D eigenvalue weighted by Crippen LogP contribution is 1.95.